The first kappa shape index (κ1) is 13.8. The number of nitrogens with one attached hydrogen (secondary N) is 1. The van der Waals surface area contributed by atoms with Crippen LogP contribution in [0.1, 0.15) is 13.8 Å². The molecule has 17 heavy (non-hydrogen) atoms. The van der Waals surface area contributed by atoms with Crippen molar-refractivity contribution in [2.24, 2.45) is 0 Å². The van der Waals surface area contributed by atoms with Gasteiger partial charge >= 0.3 is 5.97 Å². The molecule has 0 saturated carbocycles. The summed E-state index contributed by atoms with van der Waals surface area (Å²) in [6.45, 7) is 4.00. The normalized spacial score (nSPS) is 11.2. The molecule has 4 nitrogen and oxygen atoms in total. The number of rotatable bonds is 6. The van der Waals surface area contributed by atoms with Crippen molar-refractivity contribution in [3.8, 4) is 5.75 Å². The summed E-state index contributed by atoms with van der Waals surface area (Å²) in [6.07, 6.45) is 0. The van der Waals surface area contributed by atoms with Gasteiger partial charge in [-0.2, -0.15) is 0 Å². The summed E-state index contributed by atoms with van der Waals surface area (Å²) < 4.78 is 5.42. The van der Waals surface area contributed by atoms with E-state index in [4.69, 9.17) is 21.4 Å². The van der Waals surface area contributed by atoms with Crippen molar-refractivity contribution in [3.05, 3.63) is 29.3 Å². The van der Waals surface area contributed by atoms with Gasteiger partial charge in [0, 0.05) is 6.54 Å². The average molecular weight is 258 g/mol. The summed E-state index contributed by atoms with van der Waals surface area (Å²) in [6, 6.07) is 7.16. The van der Waals surface area contributed by atoms with E-state index < -0.39 is 11.5 Å². The van der Waals surface area contributed by atoms with E-state index in [-0.39, 0.29) is 0 Å². The van der Waals surface area contributed by atoms with Gasteiger partial charge in [-0.25, -0.2) is 0 Å². The summed E-state index contributed by atoms with van der Waals surface area (Å²) in [5.74, 6) is -0.292. The Hall–Kier alpha value is -1.26. The van der Waals surface area contributed by atoms with Crippen LogP contribution in [0.2, 0.25) is 5.02 Å². The van der Waals surface area contributed by atoms with Crippen LogP contribution in [0.5, 0.6) is 5.75 Å². The largest absolute Gasteiger partial charge is 0.491 e. The van der Waals surface area contributed by atoms with Crippen molar-refractivity contribution >= 4 is 17.6 Å². The lowest BCUT2D eigenvalue weighted by Gasteiger charge is -2.21. The Morgan fingerprint density at radius 1 is 1.47 bits per heavy atom. The fourth-order valence-electron chi connectivity index (χ4n) is 1.16. The molecule has 0 aromatic heterocycles. The number of carboxylic acids is 1. The highest BCUT2D eigenvalue weighted by Gasteiger charge is 2.25. The first-order valence-corrected chi connectivity index (χ1v) is 5.67. The van der Waals surface area contributed by atoms with E-state index in [1.54, 1.807) is 26.0 Å². The standard InChI is InChI=1S/C12H16ClNO3/c1-12(2,11(15)16)14-7-8-17-10-6-4-3-5-9(10)13/h3-6,14H,7-8H2,1-2H3,(H,15,16). The molecule has 0 saturated heterocycles. The van der Waals surface area contributed by atoms with Crippen molar-refractivity contribution in [1.82, 2.24) is 5.32 Å². The molecule has 0 aliphatic carbocycles. The van der Waals surface area contributed by atoms with Gasteiger partial charge in [0.05, 0.1) is 5.02 Å². The number of aliphatic carboxylic acids is 1. The Morgan fingerprint density at radius 3 is 2.71 bits per heavy atom. The highest BCUT2D eigenvalue weighted by atomic mass is 35.5. The van der Waals surface area contributed by atoms with Crippen LogP contribution >= 0.6 is 11.6 Å². The maximum absolute atomic E-state index is 10.8. The van der Waals surface area contributed by atoms with Crippen molar-refractivity contribution in [1.29, 1.82) is 0 Å². The van der Waals surface area contributed by atoms with Crippen molar-refractivity contribution in [3.63, 3.8) is 0 Å². The van der Waals surface area contributed by atoms with Gasteiger partial charge in [-0.1, -0.05) is 23.7 Å². The van der Waals surface area contributed by atoms with E-state index >= 15 is 0 Å². The molecule has 0 unspecified atom stereocenters. The zero-order valence-electron chi connectivity index (χ0n) is 9.87. The van der Waals surface area contributed by atoms with Crippen LogP contribution in [0, 0.1) is 0 Å². The molecule has 0 amide bonds. The Bertz CT molecular complexity index is 393. The van der Waals surface area contributed by atoms with Gasteiger partial charge in [-0.05, 0) is 26.0 Å². The van der Waals surface area contributed by atoms with Gasteiger partial charge in [0.15, 0.2) is 0 Å². The van der Waals surface area contributed by atoms with E-state index in [1.807, 2.05) is 12.1 Å². The maximum atomic E-state index is 10.8. The number of halogens is 1. The van der Waals surface area contributed by atoms with Crippen molar-refractivity contribution < 1.29 is 14.6 Å². The number of carboxylic acid groups (broad SMARTS) is 1. The molecule has 0 radical (unpaired) electrons. The molecule has 0 fully saturated rings. The van der Waals surface area contributed by atoms with Gasteiger partial charge < -0.3 is 9.84 Å². The number of benzene rings is 1. The van der Waals surface area contributed by atoms with Gasteiger partial charge in [0.2, 0.25) is 0 Å². The average Bonchev–Trinajstić information content (AvgIpc) is 2.26. The zero-order chi connectivity index (χ0) is 12.9. The molecule has 0 spiro atoms. The van der Waals surface area contributed by atoms with Gasteiger partial charge in [-0.3, -0.25) is 10.1 Å². The predicted molar refractivity (Wildman–Crippen MR) is 66.7 cm³/mol. The first-order chi connectivity index (χ1) is 7.93. The quantitative estimate of drug-likeness (QED) is 0.767. The summed E-state index contributed by atoms with van der Waals surface area (Å²) >= 11 is 5.90. The molecule has 94 valence electrons. The van der Waals surface area contributed by atoms with E-state index in [2.05, 4.69) is 5.32 Å². The van der Waals surface area contributed by atoms with E-state index in [0.717, 1.165) is 0 Å². The maximum Gasteiger partial charge on any atom is 0.323 e. The fourth-order valence-corrected chi connectivity index (χ4v) is 1.35. The summed E-state index contributed by atoms with van der Waals surface area (Å²) in [4.78, 5) is 10.8. The van der Waals surface area contributed by atoms with Crippen LogP contribution in [0.3, 0.4) is 0 Å². The van der Waals surface area contributed by atoms with Gasteiger partial charge in [0.1, 0.15) is 17.9 Å². The van der Waals surface area contributed by atoms with Crippen molar-refractivity contribution in [2.45, 2.75) is 19.4 Å². The highest BCUT2D eigenvalue weighted by Crippen LogP contribution is 2.22. The lowest BCUT2D eigenvalue weighted by molar-refractivity contribution is -0.143. The fraction of sp³-hybridized carbons (Fsp3) is 0.417. The Kier molecular flexibility index (Phi) is 4.78. The minimum atomic E-state index is -0.955. The van der Waals surface area contributed by atoms with E-state index in [1.165, 1.54) is 0 Å². The summed E-state index contributed by atoms with van der Waals surface area (Å²) in [7, 11) is 0. The Labute approximate surface area is 106 Å². The molecule has 0 bridgehead atoms. The third-order valence-corrected chi connectivity index (χ3v) is 2.61. The van der Waals surface area contributed by atoms with Crippen LogP contribution in [-0.2, 0) is 4.79 Å². The molecule has 0 aliphatic rings. The molecular weight excluding hydrogens is 242 g/mol. The summed E-state index contributed by atoms with van der Waals surface area (Å²) in [5, 5.41) is 12.3. The monoisotopic (exact) mass is 257 g/mol. The first-order valence-electron chi connectivity index (χ1n) is 5.29. The number of para-hydroxylation sites is 1. The zero-order valence-corrected chi connectivity index (χ0v) is 10.6. The molecule has 5 heteroatoms. The molecule has 2 N–H and O–H groups in total. The van der Waals surface area contributed by atoms with Crippen LogP contribution in [0.4, 0.5) is 0 Å². The Balaban J connectivity index is 2.35. The van der Waals surface area contributed by atoms with Gasteiger partial charge in [0.25, 0.3) is 0 Å². The number of ether oxygens (including phenoxy) is 1. The topological polar surface area (TPSA) is 58.6 Å². The van der Waals surface area contributed by atoms with Gasteiger partial charge in [-0.15, -0.1) is 0 Å². The van der Waals surface area contributed by atoms with Crippen LogP contribution in [-0.4, -0.2) is 29.8 Å². The van der Waals surface area contributed by atoms with Crippen LogP contribution < -0.4 is 10.1 Å². The highest BCUT2D eigenvalue weighted by molar-refractivity contribution is 6.32. The smallest absolute Gasteiger partial charge is 0.323 e. The third-order valence-electron chi connectivity index (χ3n) is 2.30. The minimum absolute atomic E-state index is 0.362. The second-order valence-corrected chi connectivity index (χ2v) is 4.54. The molecular formula is C12H16ClNO3. The SMILES string of the molecule is CC(C)(NCCOc1ccccc1Cl)C(=O)O. The van der Waals surface area contributed by atoms with E-state index in [0.29, 0.717) is 23.9 Å². The molecule has 1 rings (SSSR count). The molecule has 1 aromatic rings. The minimum Gasteiger partial charge on any atom is -0.491 e. The lowest BCUT2D eigenvalue weighted by atomic mass is 10.1. The third kappa shape index (κ3) is 4.24. The summed E-state index contributed by atoms with van der Waals surface area (Å²) in [5.41, 5.74) is -0.955. The number of carbonyl (C=O) groups is 1. The second kappa shape index (κ2) is 5.89. The van der Waals surface area contributed by atoms with E-state index in [9.17, 15) is 4.79 Å². The molecule has 1 aromatic carbocycles. The lowest BCUT2D eigenvalue weighted by Crippen LogP contribution is -2.48. The predicted octanol–water partition coefficient (Wildman–Crippen LogP) is 2.17. The second-order valence-electron chi connectivity index (χ2n) is 4.14. The van der Waals surface area contributed by atoms with Crippen molar-refractivity contribution in [2.75, 3.05) is 13.2 Å². The van der Waals surface area contributed by atoms with Crippen LogP contribution in [0.25, 0.3) is 0 Å². The van der Waals surface area contributed by atoms with Crippen LogP contribution in [0.15, 0.2) is 24.3 Å². The molecule has 0 atom stereocenters. The Morgan fingerprint density at radius 2 is 2.12 bits per heavy atom. The molecule has 0 heterocycles. The number of hydrogen-bond acceptors (Lipinski definition) is 3. The molecule has 0 aliphatic heterocycles. The number of hydrogen-bond donors (Lipinski definition) is 2.